The summed E-state index contributed by atoms with van der Waals surface area (Å²) in [7, 11) is 2.06. The van der Waals surface area contributed by atoms with E-state index in [0.717, 1.165) is 37.8 Å². The van der Waals surface area contributed by atoms with E-state index >= 15 is 0 Å². The van der Waals surface area contributed by atoms with Crippen LogP contribution in [0.4, 0.5) is 0 Å². The van der Waals surface area contributed by atoms with E-state index in [9.17, 15) is 0 Å². The molecule has 2 heterocycles. The normalized spacial score (nSPS) is 11.4. The fourth-order valence-electron chi connectivity index (χ4n) is 2.21. The fourth-order valence-corrected chi connectivity index (χ4v) is 2.21. The summed E-state index contributed by atoms with van der Waals surface area (Å²) in [6.45, 7) is 4.36. The highest BCUT2D eigenvalue weighted by molar-refractivity contribution is 4.95. The fraction of sp³-hybridized carbons (Fsp3) is 0.538. The molecular formula is C13H23N7. The first kappa shape index (κ1) is 14.7. The van der Waals surface area contributed by atoms with Crippen LogP contribution in [0.15, 0.2) is 24.8 Å². The van der Waals surface area contributed by atoms with Crippen LogP contribution in [0.5, 0.6) is 0 Å². The molecule has 2 aromatic rings. The van der Waals surface area contributed by atoms with Crippen molar-refractivity contribution in [3.05, 3.63) is 36.4 Å². The Balaban J connectivity index is 1.96. The molecule has 0 saturated heterocycles. The van der Waals surface area contributed by atoms with Crippen molar-refractivity contribution in [1.82, 2.24) is 24.0 Å². The summed E-state index contributed by atoms with van der Waals surface area (Å²) < 4.78 is 4.17. The van der Waals surface area contributed by atoms with Crippen LogP contribution in [0.25, 0.3) is 0 Å². The molecule has 0 spiro atoms. The van der Waals surface area contributed by atoms with Gasteiger partial charge in [0.1, 0.15) is 11.6 Å². The van der Waals surface area contributed by atoms with Crippen molar-refractivity contribution in [2.24, 2.45) is 11.5 Å². The molecule has 0 unspecified atom stereocenters. The van der Waals surface area contributed by atoms with Gasteiger partial charge in [-0.05, 0) is 7.05 Å². The van der Waals surface area contributed by atoms with E-state index in [0.29, 0.717) is 13.1 Å². The van der Waals surface area contributed by atoms with E-state index in [2.05, 4.69) is 31.0 Å². The minimum Gasteiger partial charge on any atom is -0.333 e. The molecule has 0 bridgehead atoms. The number of nitrogens with two attached hydrogens (primary N) is 2. The van der Waals surface area contributed by atoms with E-state index in [1.54, 1.807) is 0 Å². The van der Waals surface area contributed by atoms with Crippen molar-refractivity contribution in [2.45, 2.75) is 26.2 Å². The topological polar surface area (TPSA) is 90.9 Å². The molecule has 0 aliphatic carbocycles. The number of nitrogens with zero attached hydrogens (tertiary/aromatic N) is 5. The lowest BCUT2D eigenvalue weighted by Crippen LogP contribution is -2.24. The van der Waals surface area contributed by atoms with Crippen molar-refractivity contribution in [2.75, 3.05) is 20.1 Å². The first-order valence-electron chi connectivity index (χ1n) is 6.83. The Labute approximate surface area is 119 Å². The summed E-state index contributed by atoms with van der Waals surface area (Å²) in [4.78, 5) is 10.9. The van der Waals surface area contributed by atoms with Crippen molar-refractivity contribution in [1.29, 1.82) is 0 Å². The van der Waals surface area contributed by atoms with Crippen LogP contribution in [-0.4, -0.2) is 44.1 Å². The average Bonchev–Trinajstić information content (AvgIpc) is 3.02. The predicted octanol–water partition coefficient (Wildman–Crippen LogP) is -0.371. The summed E-state index contributed by atoms with van der Waals surface area (Å²) in [6, 6.07) is 0. The summed E-state index contributed by atoms with van der Waals surface area (Å²) in [5.41, 5.74) is 11.2. The third-order valence-electron chi connectivity index (χ3n) is 3.17. The summed E-state index contributed by atoms with van der Waals surface area (Å²) in [6.07, 6.45) is 7.55. The Morgan fingerprint density at radius 2 is 1.40 bits per heavy atom. The Hall–Kier alpha value is -1.70. The standard InChI is InChI=1S/C13H23N7/c1-18(10-12-16-4-8-19(12)6-2-14)11-13-17-5-9-20(13)7-3-15/h4-5,8-9H,2-3,6-7,10-11,14-15H2,1H3. The molecule has 0 saturated carbocycles. The smallest absolute Gasteiger partial charge is 0.122 e. The minimum atomic E-state index is 0.619. The van der Waals surface area contributed by atoms with Gasteiger partial charge in [0.25, 0.3) is 0 Å². The number of imidazole rings is 2. The first-order chi connectivity index (χ1) is 9.74. The van der Waals surface area contributed by atoms with Gasteiger partial charge in [-0.25, -0.2) is 9.97 Å². The van der Waals surface area contributed by atoms with E-state index < -0.39 is 0 Å². The van der Waals surface area contributed by atoms with E-state index in [-0.39, 0.29) is 0 Å². The zero-order valence-corrected chi connectivity index (χ0v) is 11.9. The van der Waals surface area contributed by atoms with Crippen molar-refractivity contribution < 1.29 is 0 Å². The largest absolute Gasteiger partial charge is 0.333 e. The highest BCUT2D eigenvalue weighted by Gasteiger charge is 2.09. The van der Waals surface area contributed by atoms with Gasteiger partial charge in [0.05, 0.1) is 13.1 Å². The molecule has 7 nitrogen and oxygen atoms in total. The van der Waals surface area contributed by atoms with Crippen LogP contribution in [0, 0.1) is 0 Å². The van der Waals surface area contributed by atoms with Crippen LogP contribution in [0.3, 0.4) is 0 Å². The molecule has 0 aliphatic heterocycles. The molecule has 0 amide bonds. The maximum Gasteiger partial charge on any atom is 0.122 e. The lowest BCUT2D eigenvalue weighted by atomic mass is 10.4. The number of hydrogen-bond acceptors (Lipinski definition) is 5. The third kappa shape index (κ3) is 3.66. The second kappa shape index (κ2) is 7.18. The van der Waals surface area contributed by atoms with Gasteiger partial charge in [0.2, 0.25) is 0 Å². The second-order valence-electron chi connectivity index (χ2n) is 4.82. The lowest BCUT2D eigenvalue weighted by Gasteiger charge is -2.17. The lowest BCUT2D eigenvalue weighted by molar-refractivity contribution is 0.292. The van der Waals surface area contributed by atoms with Crippen molar-refractivity contribution in [3.8, 4) is 0 Å². The SMILES string of the molecule is CN(Cc1nccn1CCN)Cc1nccn1CCN. The molecule has 2 rings (SSSR count). The maximum atomic E-state index is 5.59. The molecular weight excluding hydrogens is 254 g/mol. The Bertz CT molecular complexity index is 470. The molecule has 0 aromatic carbocycles. The zero-order valence-electron chi connectivity index (χ0n) is 11.9. The zero-order chi connectivity index (χ0) is 14.4. The van der Waals surface area contributed by atoms with Gasteiger partial charge in [-0.3, -0.25) is 4.90 Å². The van der Waals surface area contributed by atoms with Gasteiger partial charge in [0, 0.05) is 51.0 Å². The third-order valence-corrected chi connectivity index (χ3v) is 3.17. The van der Waals surface area contributed by atoms with Crippen LogP contribution in [0.1, 0.15) is 11.6 Å². The van der Waals surface area contributed by atoms with Gasteiger partial charge in [-0.2, -0.15) is 0 Å². The summed E-state index contributed by atoms with van der Waals surface area (Å²) >= 11 is 0. The average molecular weight is 277 g/mol. The van der Waals surface area contributed by atoms with Gasteiger partial charge in [0.15, 0.2) is 0 Å². The summed E-state index contributed by atoms with van der Waals surface area (Å²) in [5, 5.41) is 0. The van der Waals surface area contributed by atoms with Crippen LogP contribution >= 0.6 is 0 Å². The molecule has 4 N–H and O–H groups in total. The second-order valence-corrected chi connectivity index (χ2v) is 4.82. The van der Waals surface area contributed by atoms with Crippen LogP contribution < -0.4 is 11.5 Å². The van der Waals surface area contributed by atoms with Crippen LogP contribution in [-0.2, 0) is 26.2 Å². The molecule has 0 radical (unpaired) electrons. The van der Waals surface area contributed by atoms with E-state index in [1.165, 1.54) is 0 Å². The van der Waals surface area contributed by atoms with Gasteiger partial charge >= 0.3 is 0 Å². The van der Waals surface area contributed by atoms with Crippen LogP contribution in [0.2, 0.25) is 0 Å². The number of rotatable bonds is 8. The molecule has 0 atom stereocenters. The Kier molecular flexibility index (Phi) is 5.28. The van der Waals surface area contributed by atoms with Gasteiger partial charge in [-0.15, -0.1) is 0 Å². The maximum absolute atomic E-state index is 5.59. The molecule has 0 aliphatic rings. The highest BCUT2D eigenvalue weighted by Crippen LogP contribution is 2.06. The Morgan fingerprint density at radius 3 is 1.80 bits per heavy atom. The first-order valence-corrected chi connectivity index (χ1v) is 6.83. The molecule has 2 aromatic heterocycles. The van der Waals surface area contributed by atoms with Crippen molar-refractivity contribution >= 4 is 0 Å². The predicted molar refractivity (Wildman–Crippen MR) is 77.7 cm³/mol. The molecule has 20 heavy (non-hydrogen) atoms. The summed E-state index contributed by atoms with van der Waals surface area (Å²) in [5.74, 6) is 2.05. The minimum absolute atomic E-state index is 0.619. The molecule has 7 heteroatoms. The molecule has 110 valence electrons. The van der Waals surface area contributed by atoms with Gasteiger partial charge in [-0.1, -0.05) is 0 Å². The Morgan fingerprint density at radius 1 is 0.950 bits per heavy atom. The quantitative estimate of drug-likeness (QED) is 0.687. The van der Waals surface area contributed by atoms with Crippen molar-refractivity contribution in [3.63, 3.8) is 0 Å². The molecule has 0 fully saturated rings. The van der Waals surface area contributed by atoms with E-state index in [4.69, 9.17) is 11.5 Å². The number of aromatic nitrogens is 4. The monoisotopic (exact) mass is 277 g/mol. The highest BCUT2D eigenvalue weighted by atomic mass is 15.2. The van der Waals surface area contributed by atoms with Gasteiger partial charge < -0.3 is 20.6 Å². The number of hydrogen-bond donors (Lipinski definition) is 2. The van der Waals surface area contributed by atoms with E-state index in [1.807, 2.05) is 24.8 Å².